The molecule has 180 valence electrons. The molecule has 2 heterocycles. The normalized spacial score (nSPS) is 30.2. The molecule has 4 rings (SSSR count). The smallest absolute Gasteiger partial charge is 0.233 e. The summed E-state index contributed by atoms with van der Waals surface area (Å²) in [6.07, 6.45) is 8.98. The first-order valence-electron chi connectivity index (χ1n) is 12.3. The van der Waals surface area contributed by atoms with Gasteiger partial charge in [-0.25, -0.2) is 0 Å². The standard InChI is InChI=1S/C24H39N5O2.HI/c1-4-25-24(27-15-19(13-16(2)3)28-10-5-6-11-28)26-9-12-29-22(30)20-17-7-8-18(14-17)21(20)23(29)31;/h7-8,16-21H,4-6,9-15H2,1-3H3,(H2,25,26,27);1H. The first-order chi connectivity index (χ1) is 15.0. The van der Waals surface area contributed by atoms with E-state index >= 15 is 0 Å². The minimum absolute atomic E-state index is 0. The van der Waals surface area contributed by atoms with E-state index in [4.69, 9.17) is 4.99 Å². The largest absolute Gasteiger partial charge is 0.357 e. The van der Waals surface area contributed by atoms with Gasteiger partial charge in [-0.2, -0.15) is 0 Å². The maximum Gasteiger partial charge on any atom is 0.233 e. The van der Waals surface area contributed by atoms with Crippen molar-refractivity contribution in [3.05, 3.63) is 12.2 Å². The molecule has 0 spiro atoms. The van der Waals surface area contributed by atoms with Crippen molar-refractivity contribution in [3.63, 3.8) is 0 Å². The van der Waals surface area contributed by atoms with Crippen LogP contribution in [0.4, 0.5) is 0 Å². The molecule has 3 fully saturated rings. The Morgan fingerprint density at radius 2 is 1.72 bits per heavy atom. The van der Waals surface area contributed by atoms with Crippen LogP contribution < -0.4 is 10.6 Å². The Kier molecular flexibility index (Phi) is 9.00. The van der Waals surface area contributed by atoms with Crippen LogP contribution in [0.2, 0.25) is 0 Å². The van der Waals surface area contributed by atoms with Gasteiger partial charge in [0, 0.05) is 25.7 Å². The van der Waals surface area contributed by atoms with Crippen molar-refractivity contribution in [2.75, 3.05) is 39.3 Å². The number of hydrogen-bond donors (Lipinski definition) is 2. The van der Waals surface area contributed by atoms with Gasteiger partial charge in [0.2, 0.25) is 11.8 Å². The highest BCUT2D eigenvalue weighted by Crippen LogP contribution is 2.52. The lowest BCUT2D eigenvalue weighted by Gasteiger charge is -2.28. The second-order valence-electron chi connectivity index (χ2n) is 10.0. The van der Waals surface area contributed by atoms with Gasteiger partial charge in [0.25, 0.3) is 0 Å². The van der Waals surface area contributed by atoms with Gasteiger partial charge in [-0.1, -0.05) is 26.0 Å². The average Bonchev–Trinajstić information content (AvgIpc) is 3.52. The quantitative estimate of drug-likeness (QED) is 0.150. The van der Waals surface area contributed by atoms with E-state index in [2.05, 4.69) is 48.5 Å². The number of amides is 2. The molecule has 4 aliphatic rings. The molecule has 5 atom stereocenters. The van der Waals surface area contributed by atoms with Gasteiger partial charge in [0.1, 0.15) is 0 Å². The third-order valence-corrected chi connectivity index (χ3v) is 7.39. The van der Waals surface area contributed by atoms with E-state index in [0.29, 0.717) is 25.0 Å². The number of halogens is 1. The number of fused-ring (bicyclic) bond motifs is 5. The number of imide groups is 1. The molecule has 5 unspecified atom stereocenters. The summed E-state index contributed by atoms with van der Waals surface area (Å²) in [7, 11) is 0. The highest BCUT2D eigenvalue weighted by Gasteiger charge is 2.58. The Labute approximate surface area is 209 Å². The number of nitrogens with one attached hydrogen (secondary N) is 2. The van der Waals surface area contributed by atoms with Crippen molar-refractivity contribution in [2.24, 2.45) is 34.6 Å². The van der Waals surface area contributed by atoms with E-state index in [1.54, 1.807) is 0 Å². The van der Waals surface area contributed by atoms with Gasteiger partial charge in [0.15, 0.2) is 5.96 Å². The zero-order chi connectivity index (χ0) is 22.0. The molecule has 7 nitrogen and oxygen atoms in total. The average molecular weight is 558 g/mol. The van der Waals surface area contributed by atoms with Gasteiger partial charge >= 0.3 is 0 Å². The molecule has 2 saturated heterocycles. The van der Waals surface area contributed by atoms with Gasteiger partial charge < -0.3 is 10.6 Å². The molecule has 2 N–H and O–H groups in total. The lowest BCUT2D eigenvalue weighted by atomic mass is 9.85. The third kappa shape index (κ3) is 5.32. The zero-order valence-corrected chi connectivity index (χ0v) is 22.1. The molecule has 2 bridgehead atoms. The highest BCUT2D eigenvalue weighted by molar-refractivity contribution is 14.0. The van der Waals surface area contributed by atoms with Gasteiger partial charge in [-0.3, -0.25) is 24.4 Å². The van der Waals surface area contributed by atoms with E-state index in [1.165, 1.54) is 30.8 Å². The Morgan fingerprint density at radius 3 is 2.28 bits per heavy atom. The summed E-state index contributed by atoms with van der Waals surface area (Å²) < 4.78 is 0. The van der Waals surface area contributed by atoms with Crippen molar-refractivity contribution in [2.45, 2.75) is 52.5 Å². The minimum atomic E-state index is -0.110. The molecule has 0 aromatic carbocycles. The van der Waals surface area contributed by atoms with Gasteiger partial charge in [0.05, 0.1) is 18.4 Å². The molecular formula is C24H40IN5O2. The number of nitrogens with zero attached hydrogens (tertiary/aromatic N) is 3. The van der Waals surface area contributed by atoms with Crippen molar-refractivity contribution >= 4 is 41.8 Å². The summed E-state index contributed by atoms with van der Waals surface area (Å²) in [6, 6.07) is 0.474. The highest BCUT2D eigenvalue weighted by atomic mass is 127. The van der Waals surface area contributed by atoms with Gasteiger partial charge in [-0.05, 0) is 63.5 Å². The number of aliphatic imine (C=N–C) groups is 1. The summed E-state index contributed by atoms with van der Waals surface area (Å²) in [5.74, 6) is 1.80. The number of likely N-dealkylation sites (tertiary alicyclic amines) is 2. The molecule has 1 saturated carbocycles. The Balaban J connectivity index is 0.00000289. The molecule has 8 heteroatoms. The SMILES string of the molecule is CCNC(=NCC(CC(C)C)N1CCCC1)NCCN1C(=O)C2C3C=CC(C3)C2C1=O.I. The van der Waals surface area contributed by atoms with Crippen LogP contribution in [0.15, 0.2) is 17.1 Å². The fourth-order valence-corrected chi connectivity index (χ4v) is 6.00. The molecule has 0 radical (unpaired) electrons. The molecule has 0 aromatic rings. The van der Waals surface area contributed by atoms with Crippen LogP contribution in [0.1, 0.15) is 46.5 Å². The Morgan fingerprint density at radius 1 is 1.09 bits per heavy atom. The third-order valence-electron chi connectivity index (χ3n) is 7.39. The zero-order valence-electron chi connectivity index (χ0n) is 19.8. The summed E-state index contributed by atoms with van der Waals surface area (Å²) in [6.45, 7) is 11.5. The van der Waals surface area contributed by atoms with Crippen LogP contribution in [0, 0.1) is 29.6 Å². The maximum absolute atomic E-state index is 12.8. The minimum Gasteiger partial charge on any atom is -0.357 e. The number of guanidine groups is 1. The van der Waals surface area contributed by atoms with Crippen molar-refractivity contribution in [1.29, 1.82) is 0 Å². The van der Waals surface area contributed by atoms with E-state index in [1.807, 2.05) is 0 Å². The molecule has 2 aliphatic heterocycles. The van der Waals surface area contributed by atoms with E-state index < -0.39 is 0 Å². The fourth-order valence-electron chi connectivity index (χ4n) is 6.00. The molecular weight excluding hydrogens is 517 g/mol. The second-order valence-corrected chi connectivity index (χ2v) is 10.0. The summed E-state index contributed by atoms with van der Waals surface area (Å²) in [4.78, 5) is 34.6. The molecule has 2 aliphatic carbocycles. The summed E-state index contributed by atoms with van der Waals surface area (Å²) >= 11 is 0. The number of carbonyl (C=O) groups is 2. The van der Waals surface area contributed by atoms with Crippen LogP contribution in [0.25, 0.3) is 0 Å². The topological polar surface area (TPSA) is 77.0 Å². The molecule has 2 amide bonds. The van der Waals surface area contributed by atoms with Crippen LogP contribution in [0.3, 0.4) is 0 Å². The van der Waals surface area contributed by atoms with Crippen LogP contribution in [-0.2, 0) is 9.59 Å². The maximum atomic E-state index is 12.8. The van der Waals surface area contributed by atoms with Crippen LogP contribution >= 0.6 is 24.0 Å². The monoisotopic (exact) mass is 557 g/mol. The fraction of sp³-hybridized carbons (Fsp3) is 0.792. The van der Waals surface area contributed by atoms with Gasteiger partial charge in [-0.15, -0.1) is 24.0 Å². The predicted molar refractivity (Wildman–Crippen MR) is 138 cm³/mol. The van der Waals surface area contributed by atoms with E-state index in [0.717, 1.165) is 31.9 Å². The Hall–Kier alpha value is -1.16. The summed E-state index contributed by atoms with van der Waals surface area (Å²) in [5, 5.41) is 6.67. The number of rotatable bonds is 9. The predicted octanol–water partition coefficient (Wildman–Crippen LogP) is 2.48. The lowest BCUT2D eigenvalue weighted by molar-refractivity contribution is -0.140. The summed E-state index contributed by atoms with van der Waals surface area (Å²) in [5.41, 5.74) is 0. The number of hydrogen-bond acceptors (Lipinski definition) is 4. The van der Waals surface area contributed by atoms with Crippen LogP contribution in [0.5, 0.6) is 0 Å². The first-order valence-corrected chi connectivity index (χ1v) is 12.3. The van der Waals surface area contributed by atoms with Crippen LogP contribution in [-0.4, -0.2) is 72.9 Å². The van der Waals surface area contributed by atoms with E-state index in [-0.39, 0.29) is 59.5 Å². The number of carbonyl (C=O) groups excluding carboxylic acids is 2. The first kappa shape index (κ1) is 25.5. The van der Waals surface area contributed by atoms with E-state index in [9.17, 15) is 9.59 Å². The van der Waals surface area contributed by atoms with Crippen molar-refractivity contribution in [3.8, 4) is 0 Å². The molecule has 0 aromatic heterocycles. The lowest BCUT2D eigenvalue weighted by Crippen LogP contribution is -2.44. The Bertz CT molecular complexity index is 704. The molecule has 32 heavy (non-hydrogen) atoms. The number of allylic oxidation sites excluding steroid dienone is 2. The van der Waals surface area contributed by atoms with Crippen molar-refractivity contribution < 1.29 is 9.59 Å². The second kappa shape index (κ2) is 11.3. The van der Waals surface area contributed by atoms with Crippen molar-refractivity contribution in [1.82, 2.24) is 20.4 Å².